The van der Waals surface area contributed by atoms with Gasteiger partial charge in [0, 0.05) is 18.3 Å². The van der Waals surface area contributed by atoms with Crippen LogP contribution in [0.25, 0.3) is 0 Å². The number of hydrogen-bond donors (Lipinski definition) is 2. The molecule has 0 radical (unpaired) electrons. The Morgan fingerprint density at radius 2 is 2.11 bits per heavy atom. The third kappa shape index (κ3) is 2.99. The van der Waals surface area contributed by atoms with Crippen LogP contribution in [0.2, 0.25) is 0 Å². The molecular weight excluding hydrogens is 356 g/mol. The van der Waals surface area contributed by atoms with Gasteiger partial charge in [0.2, 0.25) is 0 Å². The molecule has 5 heteroatoms. The van der Waals surface area contributed by atoms with E-state index in [9.17, 15) is 14.7 Å². The van der Waals surface area contributed by atoms with Crippen LogP contribution in [0.4, 0.5) is 0 Å². The molecule has 0 spiro atoms. The van der Waals surface area contributed by atoms with E-state index >= 15 is 0 Å². The van der Waals surface area contributed by atoms with Gasteiger partial charge < -0.3 is 14.9 Å². The van der Waals surface area contributed by atoms with Crippen LogP contribution in [0.5, 0.6) is 11.5 Å². The summed E-state index contributed by atoms with van der Waals surface area (Å²) in [5.74, 6) is 1.81. The highest BCUT2D eigenvalue weighted by atomic mass is 16.5. The van der Waals surface area contributed by atoms with Crippen molar-refractivity contribution in [2.45, 2.75) is 64.2 Å². The maximum Gasteiger partial charge on any atom is 0.303 e. The number of benzene rings is 1. The Balaban J connectivity index is 1.64. The van der Waals surface area contributed by atoms with E-state index in [2.05, 4.69) is 6.92 Å². The molecule has 4 rings (SSSR count). The molecule has 5 atom stereocenters. The van der Waals surface area contributed by atoms with Crippen molar-refractivity contribution in [1.29, 1.82) is 0 Å². The topological polar surface area (TPSA) is 83.8 Å². The van der Waals surface area contributed by atoms with Gasteiger partial charge in [0.05, 0.1) is 7.11 Å². The molecule has 3 aliphatic carbocycles. The number of fused-ring (bicyclic) bond motifs is 5. The Bertz CT molecular complexity index is 800. The zero-order valence-corrected chi connectivity index (χ0v) is 16.7. The van der Waals surface area contributed by atoms with Gasteiger partial charge >= 0.3 is 5.97 Å². The number of phenols is 1. The van der Waals surface area contributed by atoms with E-state index in [1.165, 1.54) is 11.1 Å². The van der Waals surface area contributed by atoms with E-state index < -0.39 is 5.97 Å². The molecule has 0 unspecified atom stereocenters. The number of carbonyl (C=O) groups is 2. The molecule has 2 fully saturated rings. The fourth-order valence-electron chi connectivity index (χ4n) is 6.59. The summed E-state index contributed by atoms with van der Waals surface area (Å²) in [6.07, 6.45) is 6.10. The SMILES string of the molecule is COc1cc2c(cc1O)CC[C@H]1[C@@H]3[C@H](CCCC(=O)O)CC(=O)[C@@]3(C)CC[C@H]21. The van der Waals surface area contributed by atoms with Gasteiger partial charge in [0.25, 0.3) is 0 Å². The maximum atomic E-state index is 12.9. The van der Waals surface area contributed by atoms with Crippen LogP contribution in [-0.4, -0.2) is 29.1 Å². The third-order valence-electron chi connectivity index (χ3n) is 7.83. The van der Waals surface area contributed by atoms with Crippen LogP contribution < -0.4 is 4.74 Å². The number of ether oxygens (including phenoxy) is 1. The monoisotopic (exact) mass is 386 g/mol. The lowest BCUT2D eigenvalue weighted by Crippen LogP contribution is -2.44. The lowest BCUT2D eigenvalue weighted by Gasteiger charge is -2.50. The normalized spacial score (nSPS) is 33.7. The highest BCUT2D eigenvalue weighted by Crippen LogP contribution is 2.62. The number of rotatable bonds is 5. The maximum absolute atomic E-state index is 12.9. The fraction of sp³-hybridized carbons (Fsp3) is 0.652. The number of phenolic OH excluding ortho intramolecular Hbond substituents is 1. The van der Waals surface area contributed by atoms with Crippen molar-refractivity contribution in [3.63, 3.8) is 0 Å². The number of aryl methyl sites for hydroxylation is 1. The summed E-state index contributed by atoms with van der Waals surface area (Å²) in [5, 5.41) is 19.1. The summed E-state index contributed by atoms with van der Waals surface area (Å²) in [6.45, 7) is 2.15. The first-order valence-corrected chi connectivity index (χ1v) is 10.5. The average Bonchev–Trinajstić information content (AvgIpc) is 2.91. The van der Waals surface area contributed by atoms with Gasteiger partial charge in [-0.3, -0.25) is 9.59 Å². The van der Waals surface area contributed by atoms with Gasteiger partial charge in [-0.2, -0.15) is 0 Å². The van der Waals surface area contributed by atoms with E-state index in [4.69, 9.17) is 9.84 Å². The highest BCUT2D eigenvalue weighted by molar-refractivity contribution is 5.87. The first-order chi connectivity index (χ1) is 13.3. The summed E-state index contributed by atoms with van der Waals surface area (Å²) in [7, 11) is 1.58. The van der Waals surface area contributed by atoms with Crippen LogP contribution >= 0.6 is 0 Å². The van der Waals surface area contributed by atoms with Crippen molar-refractivity contribution in [3.8, 4) is 11.5 Å². The zero-order chi connectivity index (χ0) is 20.1. The first-order valence-electron chi connectivity index (χ1n) is 10.5. The average molecular weight is 386 g/mol. The largest absolute Gasteiger partial charge is 0.504 e. The first kappa shape index (κ1) is 19.3. The molecule has 1 aromatic rings. The number of carboxylic acid groups (broad SMARTS) is 1. The van der Waals surface area contributed by atoms with Gasteiger partial charge in [-0.1, -0.05) is 6.92 Å². The molecule has 0 amide bonds. The van der Waals surface area contributed by atoms with Crippen LogP contribution in [0.3, 0.4) is 0 Å². The molecule has 0 bridgehead atoms. The summed E-state index contributed by atoms with van der Waals surface area (Å²) >= 11 is 0. The second kappa shape index (κ2) is 7.09. The standard InChI is InChI=1S/C23H30O5/c1-23-9-8-15-16(7-6-13-10-18(24)19(28-2)12-17(13)15)22(23)14(11-20(23)25)4-3-5-21(26)27/h10,12,14-16,22,24H,3-9,11H2,1-2H3,(H,26,27)/t14-,15+,16-,22+,23-/m1/s1. The summed E-state index contributed by atoms with van der Waals surface area (Å²) in [6, 6.07) is 3.85. The Morgan fingerprint density at radius 3 is 2.82 bits per heavy atom. The minimum atomic E-state index is -0.757. The van der Waals surface area contributed by atoms with Gasteiger partial charge in [-0.15, -0.1) is 0 Å². The molecule has 152 valence electrons. The van der Waals surface area contributed by atoms with E-state index in [1.54, 1.807) is 7.11 Å². The molecule has 0 aromatic heterocycles. The molecule has 2 N–H and O–H groups in total. The number of carbonyl (C=O) groups excluding carboxylic acids is 1. The van der Waals surface area contributed by atoms with Gasteiger partial charge in [0.15, 0.2) is 11.5 Å². The Morgan fingerprint density at radius 1 is 1.32 bits per heavy atom. The van der Waals surface area contributed by atoms with Crippen LogP contribution in [0.15, 0.2) is 12.1 Å². The van der Waals surface area contributed by atoms with Crippen LogP contribution in [0, 0.1) is 23.2 Å². The smallest absolute Gasteiger partial charge is 0.303 e. The summed E-state index contributed by atoms with van der Waals surface area (Å²) in [5.41, 5.74) is 2.22. The van der Waals surface area contributed by atoms with Crippen molar-refractivity contribution in [2.75, 3.05) is 7.11 Å². The number of carboxylic acids is 1. The number of aliphatic carboxylic acids is 1. The molecule has 0 saturated heterocycles. The second-order valence-corrected chi connectivity index (χ2v) is 9.19. The Kier molecular flexibility index (Phi) is 4.88. The zero-order valence-electron chi connectivity index (χ0n) is 16.7. The van der Waals surface area contributed by atoms with Crippen molar-refractivity contribution in [1.82, 2.24) is 0 Å². The van der Waals surface area contributed by atoms with Crippen LogP contribution in [-0.2, 0) is 16.0 Å². The quantitative estimate of drug-likeness (QED) is 0.788. The number of Topliss-reactive ketones (excluding diaryl/α,β-unsaturated/α-hetero) is 1. The highest BCUT2D eigenvalue weighted by Gasteiger charge is 2.58. The molecular formula is C23H30O5. The van der Waals surface area contributed by atoms with E-state index in [0.717, 1.165) is 32.1 Å². The minimum Gasteiger partial charge on any atom is -0.504 e. The van der Waals surface area contributed by atoms with Gasteiger partial charge in [-0.05, 0) is 85.5 Å². The van der Waals surface area contributed by atoms with Crippen LogP contribution in [0.1, 0.15) is 68.9 Å². The molecule has 0 aliphatic heterocycles. The number of ketones is 1. The Hall–Kier alpha value is -2.04. The van der Waals surface area contributed by atoms with Crippen molar-refractivity contribution < 1.29 is 24.5 Å². The predicted octanol–water partition coefficient (Wildman–Crippen LogP) is 4.31. The lowest BCUT2D eigenvalue weighted by atomic mass is 9.54. The lowest BCUT2D eigenvalue weighted by molar-refractivity contribution is -0.137. The molecule has 1 aromatic carbocycles. The van der Waals surface area contributed by atoms with E-state index in [1.807, 2.05) is 12.1 Å². The van der Waals surface area contributed by atoms with E-state index in [-0.39, 0.29) is 17.6 Å². The second-order valence-electron chi connectivity index (χ2n) is 9.19. The molecule has 0 heterocycles. The Labute approximate surface area is 166 Å². The van der Waals surface area contributed by atoms with E-state index in [0.29, 0.717) is 48.0 Å². The van der Waals surface area contributed by atoms with Gasteiger partial charge in [-0.25, -0.2) is 0 Å². The summed E-state index contributed by atoms with van der Waals surface area (Å²) in [4.78, 5) is 23.9. The number of aromatic hydroxyl groups is 1. The van der Waals surface area contributed by atoms with Crippen molar-refractivity contribution >= 4 is 11.8 Å². The van der Waals surface area contributed by atoms with Crippen molar-refractivity contribution in [3.05, 3.63) is 23.3 Å². The number of hydrogen-bond acceptors (Lipinski definition) is 4. The molecule has 2 saturated carbocycles. The van der Waals surface area contributed by atoms with Crippen molar-refractivity contribution in [2.24, 2.45) is 23.2 Å². The molecule has 3 aliphatic rings. The molecule has 5 nitrogen and oxygen atoms in total. The fourth-order valence-corrected chi connectivity index (χ4v) is 6.59. The predicted molar refractivity (Wildman–Crippen MR) is 105 cm³/mol. The molecule has 28 heavy (non-hydrogen) atoms. The third-order valence-corrected chi connectivity index (χ3v) is 7.83. The minimum absolute atomic E-state index is 0.182. The number of methoxy groups -OCH3 is 1. The summed E-state index contributed by atoms with van der Waals surface area (Å²) < 4.78 is 5.35. The van der Waals surface area contributed by atoms with Gasteiger partial charge in [0.1, 0.15) is 5.78 Å².